The fourth-order valence-corrected chi connectivity index (χ4v) is 3.50. The maximum absolute atomic E-state index is 12.3. The number of piperidine rings is 1. The first kappa shape index (κ1) is 17.3. The van der Waals surface area contributed by atoms with Crippen molar-refractivity contribution in [1.29, 1.82) is 0 Å². The van der Waals surface area contributed by atoms with Crippen LogP contribution >= 0.6 is 35.3 Å². The minimum Gasteiger partial charge on any atom is -0.347 e. The molecule has 0 unspecified atom stereocenters. The van der Waals surface area contributed by atoms with Gasteiger partial charge in [-0.1, -0.05) is 23.7 Å². The average Bonchev–Trinajstić information content (AvgIpc) is 2.99. The van der Waals surface area contributed by atoms with E-state index in [1.807, 2.05) is 36.4 Å². The van der Waals surface area contributed by atoms with E-state index in [4.69, 9.17) is 11.6 Å². The van der Waals surface area contributed by atoms with Gasteiger partial charge in [-0.05, 0) is 49.2 Å². The minimum atomic E-state index is 0. The molecule has 1 atom stereocenters. The van der Waals surface area contributed by atoms with Crippen LogP contribution in [0.25, 0.3) is 10.4 Å². The highest BCUT2D eigenvalue weighted by Crippen LogP contribution is 2.29. The number of hydrogen-bond donors (Lipinski definition) is 2. The van der Waals surface area contributed by atoms with E-state index in [9.17, 15) is 4.79 Å². The lowest BCUT2D eigenvalue weighted by molar-refractivity contribution is 0.0935. The van der Waals surface area contributed by atoms with Gasteiger partial charge in [-0.2, -0.15) is 0 Å². The molecule has 1 aliphatic heterocycles. The summed E-state index contributed by atoms with van der Waals surface area (Å²) >= 11 is 7.41. The average molecular weight is 357 g/mol. The van der Waals surface area contributed by atoms with Crippen LogP contribution in [0.4, 0.5) is 0 Å². The van der Waals surface area contributed by atoms with Crippen LogP contribution in [0.3, 0.4) is 0 Å². The third kappa shape index (κ3) is 4.23. The number of rotatable bonds is 3. The number of thiophene rings is 1. The summed E-state index contributed by atoms with van der Waals surface area (Å²) in [4.78, 5) is 14.1. The predicted molar refractivity (Wildman–Crippen MR) is 95.4 cm³/mol. The second kappa shape index (κ2) is 7.97. The van der Waals surface area contributed by atoms with Crippen molar-refractivity contribution >= 4 is 41.3 Å². The smallest absolute Gasteiger partial charge is 0.261 e. The molecule has 1 aliphatic rings. The second-order valence-electron chi connectivity index (χ2n) is 5.19. The molecule has 0 radical (unpaired) electrons. The van der Waals surface area contributed by atoms with Crippen molar-refractivity contribution in [2.24, 2.45) is 0 Å². The lowest BCUT2D eigenvalue weighted by Crippen LogP contribution is -2.45. The molecule has 2 aromatic rings. The van der Waals surface area contributed by atoms with Crippen LogP contribution in [0.5, 0.6) is 0 Å². The minimum absolute atomic E-state index is 0. The molecule has 2 heterocycles. The Bertz CT molecular complexity index is 621. The highest BCUT2D eigenvalue weighted by atomic mass is 35.5. The molecule has 118 valence electrons. The van der Waals surface area contributed by atoms with Crippen LogP contribution < -0.4 is 10.6 Å². The van der Waals surface area contributed by atoms with Crippen LogP contribution in [-0.2, 0) is 0 Å². The predicted octanol–water partition coefficient (Wildman–Crippen LogP) is 3.97. The molecule has 2 N–H and O–H groups in total. The van der Waals surface area contributed by atoms with Crippen LogP contribution in [-0.4, -0.2) is 25.0 Å². The lowest BCUT2D eigenvalue weighted by Gasteiger charge is -2.23. The Morgan fingerprint density at radius 1 is 1.23 bits per heavy atom. The Balaban J connectivity index is 0.00000176. The van der Waals surface area contributed by atoms with Gasteiger partial charge in [0.1, 0.15) is 0 Å². The summed E-state index contributed by atoms with van der Waals surface area (Å²) in [5, 5.41) is 7.12. The summed E-state index contributed by atoms with van der Waals surface area (Å²) < 4.78 is 0. The SMILES string of the molecule is Cl.O=C(N[C@H]1CCCNC1)c1ccc(-c2ccc(Cl)cc2)s1. The number of nitrogens with one attached hydrogen (secondary N) is 2. The first-order chi connectivity index (χ1) is 10.2. The number of halogens is 2. The molecule has 1 aromatic carbocycles. The summed E-state index contributed by atoms with van der Waals surface area (Å²) in [6.07, 6.45) is 2.17. The molecular weight excluding hydrogens is 339 g/mol. The molecule has 1 aromatic heterocycles. The molecule has 1 saturated heterocycles. The van der Waals surface area contributed by atoms with Gasteiger partial charge in [0.25, 0.3) is 5.91 Å². The van der Waals surface area contributed by atoms with E-state index in [2.05, 4.69) is 10.6 Å². The fraction of sp³-hybridized carbons (Fsp3) is 0.312. The topological polar surface area (TPSA) is 41.1 Å². The summed E-state index contributed by atoms with van der Waals surface area (Å²) in [5.74, 6) is 0.0221. The van der Waals surface area contributed by atoms with Crippen molar-refractivity contribution in [3.63, 3.8) is 0 Å². The molecule has 1 fully saturated rings. The molecule has 0 bridgehead atoms. The van der Waals surface area contributed by atoms with E-state index in [1.165, 1.54) is 11.3 Å². The summed E-state index contributed by atoms with van der Waals surface area (Å²) in [5.41, 5.74) is 1.09. The van der Waals surface area contributed by atoms with E-state index < -0.39 is 0 Å². The van der Waals surface area contributed by atoms with Crippen molar-refractivity contribution in [2.45, 2.75) is 18.9 Å². The van der Waals surface area contributed by atoms with Gasteiger partial charge in [0, 0.05) is 22.5 Å². The van der Waals surface area contributed by atoms with Gasteiger partial charge in [-0.15, -0.1) is 23.7 Å². The third-order valence-corrected chi connectivity index (χ3v) is 4.98. The van der Waals surface area contributed by atoms with Gasteiger partial charge in [-0.25, -0.2) is 0 Å². The van der Waals surface area contributed by atoms with Crippen molar-refractivity contribution in [1.82, 2.24) is 10.6 Å². The standard InChI is InChI=1S/C16H17ClN2OS.ClH/c17-12-5-3-11(4-6-12)14-7-8-15(21-14)16(20)19-13-2-1-9-18-10-13;/h3-8,13,18H,1-2,9-10H2,(H,19,20);1H/t13-;/m0./s1. The zero-order valence-electron chi connectivity index (χ0n) is 12.0. The number of carbonyl (C=O) groups excluding carboxylic acids is 1. The Labute approximate surface area is 145 Å². The van der Waals surface area contributed by atoms with E-state index in [0.29, 0.717) is 0 Å². The Hall–Kier alpha value is -1.07. The summed E-state index contributed by atoms with van der Waals surface area (Å²) in [7, 11) is 0. The Morgan fingerprint density at radius 3 is 2.68 bits per heavy atom. The molecule has 6 heteroatoms. The number of amides is 1. The first-order valence-corrected chi connectivity index (χ1v) is 8.29. The zero-order chi connectivity index (χ0) is 14.7. The lowest BCUT2D eigenvalue weighted by atomic mass is 10.1. The largest absolute Gasteiger partial charge is 0.347 e. The maximum Gasteiger partial charge on any atom is 0.261 e. The van der Waals surface area contributed by atoms with Crippen molar-refractivity contribution in [3.05, 3.63) is 46.3 Å². The summed E-state index contributed by atoms with van der Waals surface area (Å²) in [6, 6.07) is 11.8. The molecule has 3 rings (SSSR count). The van der Waals surface area contributed by atoms with Gasteiger partial charge in [0.05, 0.1) is 4.88 Å². The Kier molecular flexibility index (Phi) is 6.26. The van der Waals surface area contributed by atoms with Crippen LogP contribution in [0.2, 0.25) is 5.02 Å². The first-order valence-electron chi connectivity index (χ1n) is 7.10. The zero-order valence-corrected chi connectivity index (χ0v) is 14.4. The molecule has 22 heavy (non-hydrogen) atoms. The Morgan fingerprint density at radius 2 is 2.00 bits per heavy atom. The van der Waals surface area contributed by atoms with Gasteiger partial charge in [0.15, 0.2) is 0 Å². The molecular formula is C16H18Cl2N2OS. The van der Waals surface area contributed by atoms with Gasteiger partial charge < -0.3 is 10.6 Å². The van der Waals surface area contributed by atoms with E-state index in [-0.39, 0.29) is 24.4 Å². The molecule has 0 spiro atoms. The monoisotopic (exact) mass is 356 g/mol. The van der Waals surface area contributed by atoms with Crippen molar-refractivity contribution in [2.75, 3.05) is 13.1 Å². The number of carbonyl (C=O) groups is 1. The van der Waals surface area contributed by atoms with Crippen molar-refractivity contribution in [3.8, 4) is 10.4 Å². The fourth-order valence-electron chi connectivity index (χ4n) is 2.46. The highest BCUT2D eigenvalue weighted by molar-refractivity contribution is 7.17. The third-order valence-electron chi connectivity index (χ3n) is 3.59. The van der Waals surface area contributed by atoms with Crippen LogP contribution in [0.15, 0.2) is 36.4 Å². The van der Waals surface area contributed by atoms with Crippen LogP contribution in [0.1, 0.15) is 22.5 Å². The van der Waals surface area contributed by atoms with E-state index in [0.717, 1.165) is 46.3 Å². The van der Waals surface area contributed by atoms with Crippen LogP contribution in [0, 0.1) is 0 Å². The van der Waals surface area contributed by atoms with Crippen molar-refractivity contribution < 1.29 is 4.79 Å². The normalized spacial score (nSPS) is 17.6. The van der Waals surface area contributed by atoms with E-state index >= 15 is 0 Å². The van der Waals surface area contributed by atoms with Gasteiger partial charge >= 0.3 is 0 Å². The van der Waals surface area contributed by atoms with Gasteiger partial charge in [-0.3, -0.25) is 4.79 Å². The van der Waals surface area contributed by atoms with E-state index in [1.54, 1.807) is 0 Å². The molecule has 3 nitrogen and oxygen atoms in total. The quantitative estimate of drug-likeness (QED) is 0.873. The molecule has 1 amide bonds. The number of benzene rings is 1. The second-order valence-corrected chi connectivity index (χ2v) is 6.71. The molecule has 0 saturated carbocycles. The number of hydrogen-bond acceptors (Lipinski definition) is 3. The van der Waals surface area contributed by atoms with Gasteiger partial charge in [0.2, 0.25) is 0 Å². The summed E-state index contributed by atoms with van der Waals surface area (Å²) in [6.45, 7) is 1.91. The highest BCUT2D eigenvalue weighted by Gasteiger charge is 2.17. The molecule has 0 aliphatic carbocycles. The maximum atomic E-state index is 12.3.